The Morgan fingerprint density at radius 2 is 2.32 bits per heavy atom. The summed E-state index contributed by atoms with van der Waals surface area (Å²) in [5.74, 6) is -0.181. The number of hydrogen-bond acceptors (Lipinski definition) is 5. The van der Waals surface area contributed by atoms with E-state index in [0.29, 0.717) is 32.0 Å². The van der Waals surface area contributed by atoms with Gasteiger partial charge in [0.2, 0.25) is 0 Å². The van der Waals surface area contributed by atoms with Crippen molar-refractivity contribution in [1.82, 2.24) is 20.1 Å². The van der Waals surface area contributed by atoms with Crippen molar-refractivity contribution in [3.8, 4) is 11.1 Å². The second-order valence-corrected chi connectivity index (χ2v) is 5.29. The molecule has 1 aliphatic heterocycles. The molecule has 116 valence electrons. The van der Waals surface area contributed by atoms with E-state index in [-0.39, 0.29) is 18.4 Å². The van der Waals surface area contributed by atoms with Crippen LogP contribution in [0.5, 0.6) is 0 Å². The number of aliphatic hydroxyl groups is 1. The van der Waals surface area contributed by atoms with Gasteiger partial charge in [-0.25, -0.2) is 0 Å². The predicted octanol–water partition coefficient (Wildman–Crippen LogP) is 0.553. The second-order valence-electron chi connectivity index (χ2n) is 5.29. The minimum Gasteiger partial charge on any atom is -0.396 e. The highest BCUT2D eigenvalue weighted by molar-refractivity contribution is 5.92. The summed E-state index contributed by atoms with van der Waals surface area (Å²) in [6.45, 7) is 1.97. The molecule has 0 spiro atoms. The van der Waals surface area contributed by atoms with Gasteiger partial charge in [0.05, 0.1) is 19.4 Å². The SMILES string of the molecule is O=C(c1ccc(-c2cn[nH]c2)cn1)N1CCOCC(CO)C1. The standard InChI is InChI=1S/C15H18N4O3/c20-9-11-8-19(3-4-22-10-11)15(21)14-2-1-12(5-16-14)13-6-17-18-7-13/h1-2,5-7,11,20H,3-4,8-10H2,(H,17,18). The van der Waals surface area contributed by atoms with Crippen molar-refractivity contribution >= 4 is 5.91 Å². The van der Waals surface area contributed by atoms with E-state index >= 15 is 0 Å². The number of aromatic nitrogens is 3. The Morgan fingerprint density at radius 1 is 1.41 bits per heavy atom. The molecule has 1 atom stereocenters. The molecule has 1 unspecified atom stereocenters. The first kappa shape index (κ1) is 14.7. The van der Waals surface area contributed by atoms with Crippen LogP contribution in [0.1, 0.15) is 10.5 Å². The molecule has 2 aromatic rings. The van der Waals surface area contributed by atoms with Crippen LogP contribution in [0.15, 0.2) is 30.7 Å². The topological polar surface area (TPSA) is 91.3 Å². The van der Waals surface area contributed by atoms with Gasteiger partial charge in [-0.15, -0.1) is 0 Å². The Balaban J connectivity index is 1.74. The highest BCUT2D eigenvalue weighted by Gasteiger charge is 2.23. The largest absolute Gasteiger partial charge is 0.396 e. The fraction of sp³-hybridized carbons (Fsp3) is 0.400. The first-order chi connectivity index (χ1) is 10.8. The van der Waals surface area contributed by atoms with Crippen LogP contribution < -0.4 is 0 Å². The third-order valence-corrected chi connectivity index (χ3v) is 3.70. The van der Waals surface area contributed by atoms with Crippen molar-refractivity contribution in [1.29, 1.82) is 0 Å². The van der Waals surface area contributed by atoms with Crippen molar-refractivity contribution in [2.45, 2.75) is 0 Å². The maximum atomic E-state index is 12.5. The monoisotopic (exact) mass is 302 g/mol. The van der Waals surface area contributed by atoms with Crippen LogP contribution in [-0.2, 0) is 4.74 Å². The molecule has 1 amide bonds. The molecule has 3 rings (SSSR count). The highest BCUT2D eigenvalue weighted by Crippen LogP contribution is 2.17. The van der Waals surface area contributed by atoms with Gasteiger partial charge >= 0.3 is 0 Å². The van der Waals surface area contributed by atoms with Gasteiger partial charge < -0.3 is 14.7 Å². The number of rotatable bonds is 3. The van der Waals surface area contributed by atoms with Gasteiger partial charge in [-0.1, -0.05) is 6.07 Å². The average Bonchev–Trinajstić information content (AvgIpc) is 2.99. The molecule has 22 heavy (non-hydrogen) atoms. The lowest BCUT2D eigenvalue weighted by Crippen LogP contribution is -2.37. The third-order valence-electron chi connectivity index (χ3n) is 3.70. The number of ether oxygens (including phenoxy) is 1. The van der Waals surface area contributed by atoms with E-state index in [9.17, 15) is 9.90 Å². The van der Waals surface area contributed by atoms with Crippen molar-refractivity contribution < 1.29 is 14.6 Å². The van der Waals surface area contributed by atoms with E-state index < -0.39 is 0 Å². The van der Waals surface area contributed by atoms with E-state index in [0.717, 1.165) is 11.1 Å². The minimum absolute atomic E-state index is 0.0106. The third kappa shape index (κ3) is 3.15. The number of carbonyl (C=O) groups is 1. The van der Waals surface area contributed by atoms with E-state index in [4.69, 9.17) is 4.74 Å². The molecule has 0 saturated carbocycles. The molecule has 1 saturated heterocycles. The summed E-state index contributed by atoms with van der Waals surface area (Å²) < 4.78 is 5.40. The summed E-state index contributed by atoms with van der Waals surface area (Å²) in [6.07, 6.45) is 5.14. The molecule has 7 heteroatoms. The average molecular weight is 302 g/mol. The van der Waals surface area contributed by atoms with Crippen molar-refractivity contribution in [3.05, 3.63) is 36.4 Å². The smallest absolute Gasteiger partial charge is 0.272 e. The maximum Gasteiger partial charge on any atom is 0.272 e. The van der Waals surface area contributed by atoms with Gasteiger partial charge in [0.1, 0.15) is 5.69 Å². The Bertz CT molecular complexity index is 612. The molecule has 2 N–H and O–H groups in total. The summed E-state index contributed by atoms with van der Waals surface area (Å²) in [6, 6.07) is 3.56. The summed E-state index contributed by atoms with van der Waals surface area (Å²) in [5.41, 5.74) is 2.22. The van der Waals surface area contributed by atoms with E-state index in [1.54, 1.807) is 29.6 Å². The lowest BCUT2D eigenvalue weighted by Gasteiger charge is -2.22. The molecule has 7 nitrogen and oxygen atoms in total. The van der Waals surface area contributed by atoms with Crippen LogP contribution in [0.3, 0.4) is 0 Å². The molecule has 0 radical (unpaired) electrons. The summed E-state index contributed by atoms with van der Waals surface area (Å²) in [7, 11) is 0. The van der Waals surface area contributed by atoms with Gasteiger partial charge in [0.15, 0.2) is 0 Å². The number of nitrogens with one attached hydrogen (secondary N) is 1. The van der Waals surface area contributed by atoms with Gasteiger partial charge in [0, 0.05) is 49.1 Å². The van der Waals surface area contributed by atoms with Crippen LogP contribution in [0.25, 0.3) is 11.1 Å². The summed E-state index contributed by atoms with van der Waals surface area (Å²) in [4.78, 5) is 18.5. The Labute approximate surface area is 127 Å². The number of hydrogen-bond donors (Lipinski definition) is 2. The molecule has 0 aliphatic carbocycles. The molecule has 3 heterocycles. The van der Waals surface area contributed by atoms with Crippen LogP contribution in [-0.4, -0.2) is 64.0 Å². The molecule has 2 aromatic heterocycles. The Hall–Kier alpha value is -2.25. The minimum atomic E-state index is -0.136. The number of aromatic amines is 1. The zero-order chi connectivity index (χ0) is 15.4. The molecular formula is C15H18N4O3. The number of aliphatic hydroxyl groups excluding tert-OH is 1. The van der Waals surface area contributed by atoms with Gasteiger partial charge in [-0.3, -0.25) is 14.9 Å². The van der Waals surface area contributed by atoms with Crippen LogP contribution >= 0.6 is 0 Å². The summed E-state index contributed by atoms with van der Waals surface area (Å²) in [5, 5.41) is 15.9. The predicted molar refractivity (Wildman–Crippen MR) is 79.1 cm³/mol. The molecular weight excluding hydrogens is 284 g/mol. The number of pyridine rings is 1. The van der Waals surface area contributed by atoms with Gasteiger partial charge in [-0.05, 0) is 6.07 Å². The molecule has 0 bridgehead atoms. The van der Waals surface area contributed by atoms with Crippen LogP contribution in [0.4, 0.5) is 0 Å². The lowest BCUT2D eigenvalue weighted by atomic mass is 10.1. The van der Waals surface area contributed by atoms with Gasteiger partial charge in [0.25, 0.3) is 5.91 Å². The van der Waals surface area contributed by atoms with Gasteiger partial charge in [-0.2, -0.15) is 5.10 Å². The Morgan fingerprint density at radius 3 is 3.00 bits per heavy atom. The van der Waals surface area contributed by atoms with Crippen molar-refractivity contribution in [2.24, 2.45) is 5.92 Å². The molecule has 1 aliphatic rings. The maximum absolute atomic E-state index is 12.5. The molecule has 0 aromatic carbocycles. The number of H-pyrrole nitrogens is 1. The van der Waals surface area contributed by atoms with Crippen molar-refractivity contribution in [2.75, 3.05) is 32.9 Å². The fourth-order valence-corrected chi connectivity index (χ4v) is 2.44. The van der Waals surface area contributed by atoms with Crippen LogP contribution in [0, 0.1) is 5.92 Å². The Kier molecular flexibility index (Phi) is 4.45. The van der Waals surface area contributed by atoms with E-state index in [1.807, 2.05) is 6.07 Å². The summed E-state index contributed by atoms with van der Waals surface area (Å²) >= 11 is 0. The number of amides is 1. The second kappa shape index (κ2) is 6.67. The highest BCUT2D eigenvalue weighted by atomic mass is 16.5. The lowest BCUT2D eigenvalue weighted by molar-refractivity contribution is 0.0722. The van der Waals surface area contributed by atoms with E-state index in [2.05, 4.69) is 15.2 Å². The first-order valence-corrected chi connectivity index (χ1v) is 7.21. The molecule has 1 fully saturated rings. The normalized spacial score (nSPS) is 19.0. The number of carbonyl (C=O) groups excluding carboxylic acids is 1. The first-order valence-electron chi connectivity index (χ1n) is 7.21. The quantitative estimate of drug-likeness (QED) is 0.864. The zero-order valence-corrected chi connectivity index (χ0v) is 12.1. The number of nitrogens with zero attached hydrogens (tertiary/aromatic N) is 3. The van der Waals surface area contributed by atoms with E-state index in [1.165, 1.54) is 0 Å². The zero-order valence-electron chi connectivity index (χ0n) is 12.1. The fourth-order valence-electron chi connectivity index (χ4n) is 2.44. The van der Waals surface area contributed by atoms with Crippen LogP contribution in [0.2, 0.25) is 0 Å². The van der Waals surface area contributed by atoms with Crippen molar-refractivity contribution in [3.63, 3.8) is 0 Å².